The molecule has 0 bridgehead atoms. The van der Waals surface area contributed by atoms with E-state index in [2.05, 4.69) is 4.98 Å². The standard InChI is InChI=1S/C6H2ClF3N2O4S/c7-17(15,16)5-2(12(13)14)1-11-4(3(5)8)6(9)10/h1,6H. The second kappa shape index (κ2) is 4.45. The van der Waals surface area contributed by atoms with Gasteiger partial charge in [0.1, 0.15) is 11.9 Å². The van der Waals surface area contributed by atoms with Crippen LogP contribution in [0, 0.1) is 15.9 Å². The van der Waals surface area contributed by atoms with E-state index in [0.717, 1.165) is 0 Å². The van der Waals surface area contributed by atoms with E-state index in [9.17, 15) is 31.7 Å². The van der Waals surface area contributed by atoms with Crippen molar-refractivity contribution in [1.82, 2.24) is 4.98 Å². The van der Waals surface area contributed by atoms with Crippen molar-refractivity contribution in [3.63, 3.8) is 0 Å². The van der Waals surface area contributed by atoms with Gasteiger partial charge in [-0.05, 0) is 0 Å². The number of nitrogens with zero attached hydrogens (tertiary/aromatic N) is 2. The van der Waals surface area contributed by atoms with Crippen LogP contribution in [-0.4, -0.2) is 18.3 Å². The van der Waals surface area contributed by atoms with Crippen molar-refractivity contribution in [3.8, 4) is 0 Å². The van der Waals surface area contributed by atoms with E-state index in [4.69, 9.17) is 10.7 Å². The van der Waals surface area contributed by atoms with Crippen LogP contribution < -0.4 is 0 Å². The molecule has 0 atom stereocenters. The predicted octanol–water partition coefficient (Wildman–Crippen LogP) is 1.99. The normalized spacial score (nSPS) is 11.8. The second-order valence-electron chi connectivity index (χ2n) is 2.67. The molecule has 0 spiro atoms. The first-order valence-corrected chi connectivity index (χ1v) is 6.02. The fourth-order valence-electron chi connectivity index (χ4n) is 0.989. The maximum absolute atomic E-state index is 13.3. The largest absolute Gasteiger partial charge is 0.310 e. The highest BCUT2D eigenvalue weighted by atomic mass is 35.7. The van der Waals surface area contributed by atoms with Gasteiger partial charge in [-0.2, -0.15) is 0 Å². The molecular weight excluding hydrogens is 289 g/mol. The Balaban J connectivity index is 3.72. The number of nitro groups is 1. The van der Waals surface area contributed by atoms with Crippen LogP contribution >= 0.6 is 10.7 Å². The highest BCUT2D eigenvalue weighted by molar-refractivity contribution is 8.13. The van der Waals surface area contributed by atoms with Crippen molar-refractivity contribution in [2.24, 2.45) is 0 Å². The van der Waals surface area contributed by atoms with Crippen LogP contribution in [0.1, 0.15) is 12.1 Å². The lowest BCUT2D eigenvalue weighted by atomic mass is 10.3. The molecule has 1 heterocycles. The van der Waals surface area contributed by atoms with Crippen molar-refractivity contribution in [3.05, 3.63) is 27.8 Å². The van der Waals surface area contributed by atoms with E-state index in [1.165, 1.54) is 0 Å². The number of hydrogen-bond donors (Lipinski definition) is 0. The fraction of sp³-hybridized carbons (Fsp3) is 0.167. The van der Waals surface area contributed by atoms with Gasteiger partial charge in [0.2, 0.25) is 0 Å². The van der Waals surface area contributed by atoms with Crippen LogP contribution in [0.25, 0.3) is 0 Å². The van der Waals surface area contributed by atoms with Crippen LogP contribution in [0.4, 0.5) is 18.9 Å². The zero-order valence-electron chi connectivity index (χ0n) is 7.60. The summed E-state index contributed by atoms with van der Waals surface area (Å²) in [5, 5.41) is 10.4. The van der Waals surface area contributed by atoms with Crippen LogP contribution in [0.2, 0.25) is 0 Å². The maximum Gasteiger partial charge on any atom is 0.310 e. The molecule has 0 N–H and O–H groups in total. The van der Waals surface area contributed by atoms with Crippen LogP contribution in [0.3, 0.4) is 0 Å². The van der Waals surface area contributed by atoms with Gasteiger partial charge in [-0.3, -0.25) is 10.1 Å². The Morgan fingerprint density at radius 2 is 2.00 bits per heavy atom. The molecule has 0 aliphatic carbocycles. The SMILES string of the molecule is O=[N+]([O-])c1cnc(C(F)F)c(F)c1S(=O)(=O)Cl. The minimum atomic E-state index is -4.88. The van der Waals surface area contributed by atoms with E-state index in [1.54, 1.807) is 0 Å². The molecule has 0 saturated heterocycles. The fourth-order valence-corrected chi connectivity index (χ4v) is 2.12. The number of halogens is 4. The molecule has 0 aromatic carbocycles. The molecule has 0 amide bonds. The minimum absolute atomic E-state index is 0.208. The first-order valence-electron chi connectivity index (χ1n) is 3.72. The van der Waals surface area contributed by atoms with Crippen LogP contribution in [0.5, 0.6) is 0 Å². The smallest absolute Gasteiger partial charge is 0.258 e. The third-order valence-corrected chi connectivity index (χ3v) is 2.97. The molecule has 0 fully saturated rings. The van der Waals surface area contributed by atoms with Crippen molar-refractivity contribution < 1.29 is 26.5 Å². The summed E-state index contributed by atoms with van der Waals surface area (Å²) in [6, 6.07) is 0. The first kappa shape index (κ1) is 13.6. The second-order valence-corrected chi connectivity index (χ2v) is 5.17. The highest BCUT2D eigenvalue weighted by Crippen LogP contribution is 2.33. The Hall–Kier alpha value is -1.42. The summed E-state index contributed by atoms with van der Waals surface area (Å²) in [5.41, 5.74) is -2.82. The Bertz CT molecular complexity index is 577. The van der Waals surface area contributed by atoms with Gasteiger partial charge in [-0.15, -0.1) is 0 Å². The van der Waals surface area contributed by atoms with Gasteiger partial charge >= 0.3 is 5.69 Å². The van der Waals surface area contributed by atoms with E-state index in [0.29, 0.717) is 0 Å². The lowest BCUT2D eigenvalue weighted by Gasteiger charge is -2.04. The summed E-state index contributed by atoms with van der Waals surface area (Å²) in [6.07, 6.45) is -3.22. The highest BCUT2D eigenvalue weighted by Gasteiger charge is 2.33. The third kappa shape index (κ3) is 2.64. The molecule has 0 aliphatic rings. The molecule has 11 heteroatoms. The number of pyridine rings is 1. The zero-order chi connectivity index (χ0) is 13.4. The summed E-state index contributed by atoms with van der Waals surface area (Å²) >= 11 is 0. The predicted molar refractivity (Wildman–Crippen MR) is 48.8 cm³/mol. The number of rotatable bonds is 3. The van der Waals surface area contributed by atoms with Crippen LogP contribution in [-0.2, 0) is 9.05 Å². The Morgan fingerprint density at radius 1 is 1.47 bits per heavy atom. The lowest BCUT2D eigenvalue weighted by molar-refractivity contribution is -0.388. The average Bonchev–Trinajstić information content (AvgIpc) is 2.14. The Morgan fingerprint density at radius 3 is 2.35 bits per heavy atom. The Kier molecular flexibility index (Phi) is 3.57. The molecule has 94 valence electrons. The van der Waals surface area contributed by atoms with E-state index >= 15 is 0 Å². The van der Waals surface area contributed by atoms with E-state index < -0.39 is 42.5 Å². The molecule has 1 aromatic heterocycles. The third-order valence-electron chi connectivity index (χ3n) is 1.63. The summed E-state index contributed by atoms with van der Waals surface area (Å²) in [6.45, 7) is 0. The van der Waals surface area contributed by atoms with Gasteiger partial charge in [-0.25, -0.2) is 26.6 Å². The van der Waals surface area contributed by atoms with Crippen molar-refractivity contribution in [2.75, 3.05) is 0 Å². The molecular formula is C6H2ClF3N2O4S. The maximum atomic E-state index is 13.3. The van der Waals surface area contributed by atoms with E-state index in [-0.39, 0.29) is 6.20 Å². The molecule has 17 heavy (non-hydrogen) atoms. The van der Waals surface area contributed by atoms with Crippen molar-refractivity contribution in [1.29, 1.82) is 0 Å². The molecule has 1 aromatic rings. The van der Waals surface area contributed by atoms with Gasteiger partial charge in [0.05, 0.1) is 4.92 Å². The van der Waals surface area contributed by atoms with Gasteiger partial charge < -0.3 is 0 Å². The summed E-state index contributed by atoms with van der Waals surface area (Å²) in [7, 11) is -0.138. The average molecular weight is 291 g/mol. The van der Waals surface area contributed by atoms with Crippen molar-refractivity contribution >= 4 is 25.4 Å². The van der Waals surface area contributed by atoms with E-state index in [1.807, 2.05) is 0 Å². The summed E-state index contributed by atoms with van der Waals surface area (Å²) in [4.78, 5) is 10.3. The lowest BCUT2D eigenvalue weighted by Crippen LogP contribution is -2.07. The number of hydrogen-bond acceptors (Lipinski definition) is 5. The quantitative estimate of drug-likeness (QED) is 0.482. The van der Waals surface area contributed by atoms with Crippen LogP contribution in [0.15, 0.2) is 11.1 Å². The Labute approximate surface area is 96.6 Å². The molecule has 0 aliphatic heterocycles. The molecule has 6 nitrogen and oxygen atoms in total. The zero-order valence-corrected chi connectivity index (χ0v) is 9.17. The van der Waals surface area contributed by atoms with Gasteiger partial charge in [0, 0.05) is 10.7 Å². The summed E-state index contributed by atoms with van der Waals surface area (Å²) in [5.74, 6) is -2.02. The van der Waals surface area contributed by atoms with Crippen molar-refractivity contribution in [2.45, 2.75) is 11.3 Å². The summed E-state index contributed by atoms with van der Waals surface area (Å²) < 4.78 is 59.6. The molecule has 0 unspecified atom stereocenters. The van der Waals surface area contributed by atoms with Gasteiger partial charge in [-0.1, -0.05) is 0 Å². The number of aromatic nitrogens is 1. The molecule has 0 radical (unpaired) electrons. The monoisotopic (exact) mass is 290 g/mol. The minimum Gasteiger partial charge on any atom is -0.258 e. The van der Waals surface area contributed by atoms with Gasteiger partial charge in [0.25, 0.3) is 15.5 Å². The molecule has 1 rings (SSSR count). The van der Waals surface area contributed by atoms with Gasteiger partial charge in [0.15, 0.2) is 10.7 Å². The molecule has 0 saturated carbocycles. The number of alkyl halides is 2. The topological polar surface area (TPSA) is 90.2 Å². The first-order chi connectivity index (χ1) is 7.66.